The third kappa shape index (κ3) is 5.51. The summed E-state index contributed by atoms with van der Waals surface area (Å²) in [5.74, 6) is 0.783. The van der Waals surface area contributed by atoms with Crippen LogP contribution in [0.4, 0.5) is 11.4 Å². The lowest BCUT2D eigenvalue weighted by molar-refractivity contribution is -0.115. The first kappa shape index (κ1) is 18.3. The Balaban J connectivity index is 1.50. The number of methoxy groups -OCH3 is 1. The standard InChI is InChI=1S/C22H28N2O2/c1-26-21-14-8-17(9-15-21)16-22(25)24-20-12-10-19(11-13-20)23-18-6-4-2-3-5-7-18/h8-15,18,23H,2-7,16H2,1H3,(H,24,25). The fraction of sp³-hybridized carbons (Fsp3) is 0.409. The van der Waals surface area contributed by atoms with Crippen LogP contribution in [0.3, 0.4) is 0 Å². The smallest absolute Gasteiger partial charge is 0.228 e. The molecule has 2 aromatic carbocycles. The van der Waals surface area contributed by atoms with Crippen molar-refractivity contribution in [1.29, 1.82) is 0 Å². The van der Waals surface area contributed by atoms with E-state index in [2.05, 4.69) is 10.6 Å². The number of ether oxygens (including phenoxy) is 1. The van der Waals surface area contributed by atoms with Crippen LogP contribution in [-0.2, 0) is 11.2 Å². The molecule has 1 fully saturated rings. The highest BCUT2D eigenvalue weighted by Gasteiger charge is 2.12. The molecule has 1 amide bonds. The number of anilines is 2. The molecule has 1 aliphatic carbocycles. The Kier molecular flexibility index (Phi) is 6.53. The van der Waals surface area contributed by atoms with Crippen molar-refractivity contribution in [3.63, 3.8) is 0 Å². The van der Waals surface area contributed by atoms with E-state index in [1.165, 1.54) is 38.5 Å². The van der Waals surface area contributed by atoms with Crippen LogP contribution in [0.2, 0.25) is 0 Å². The van der Waals surface area contributed by atoms with Gasteiger partial charge in [0.25, 0.3) is 0 Å². The summed E-state index contributed by atoms with van der Waals surface area (Å²) in [6.45, 7) is 0. The molecule has 4 heteroatoms. The van der Waals surface area contributed by atoms with Crippen LogP contribution in [-0.4, -0.2) is 19.1 Å². The molecule has 1 aliphatic rings. The first-order valence-corrected chi connectivity index (χ1v) is 9.52. The van der Waals surface area contributed by atoms with Gasteiger partial charge in [-0.2, -0.15) is 0 Å². The van der Waals surface area contributed by atoms with Crippen LogP contribution in [0.15, 0.2) is 48.5 Å². The zero-order valence-electron chi connectivity index (χ0n) is 15.5. The highest BCUT2D eigenvalue weighted by atomic mass is 16.5. The second-order valence-corrected chi connectivity index (χ2v) is 6.98. The van der Waals surface area contributed by atoms with Crippen LogP contribution < -0.4 is 15.4 Å². The van der Waals surface area contributed by atoms with Gasteiger partial charge < -0.3 is 15.4 Å². The minimum absolute atomic E-state index is 0.0142. The van der Waals surface area contributed by atoms with Crippen molar-refractivity contribution in [3.8, 4) is 5.75 Å². The highest BCUT2D eigenvalue weighted by molar-refractivity contribution is 5.92. The van der Waals surface area contributed by atoms with E-state index in [9.17, 15) is 4.79 Å². The van der Waals surface area contributed by atoms with Crippen molar-refractivity contribution in [2.45, 2.75) is 51.0 Å². The Labute approximate surface area is 156 Å². The van der Waals surface area contributed by atoms with E-state index in [0.717, 1.165) is 22.7 Å². The van der Waals surface area contributed by atoms with Gasteiger partial charge in [0.15, 0.2) is 0 Å². The quantitative estimate of drug-likeness (QED) is 0.719. The predicted octanol–water partition coefficient (Wildman–Crippen LogP) is 5.01. The summed E-state index contributed by atoms with van der Waals surface area (Å²) in [6.07, 6.45) is 8.20. The van der Waals surface area contributed by atoms with E-state index in [4.69, 9.17) is 4.74 Å². The molecule has 0 aliphatic heterocycles. The van der Waals surface area contributed by atoms with E-state index >= 15 is 0 Å². The van der Waals surface area contributed by atoms with Gasteiger partial charge in [-0.3, -0.25) is 4.79 Å². The molecule has 0 aromatic heterocycles. The average molecular weight is 352 g/mol. The van der Waals surface area contributed by atoms with Crippen molar-refractivity contribution in [2.24, 2.45) is 0 Å². The third-order valence-corrected chi connectivity index (χ3v) is 4.92. The van der Waals surface area contributed by atoms with E-state index in [1.807, 2.05) is 48.5 Å². The summed E-state index contributed by atoms with van der Waals surface area (Å²) < 4.78 is 5.14. The lowest BCUT2D eigenvalue weighted by Gasteiger charge is -2.18. The van der Waals surface area contributed by atoms with E-state index in [1.54, 1.807) is 7.11 Å². The number of rotatable bonds is 6. The molecule has 0 spiro atoms. The SMILES string of the molecule is COc1ccc(CC(=O)Nc2ccc(NC3CCCCCC3)cc2)cc1. The van der Waals surface area contributed by atoms with Crippen LogP contribution in [0.1, 0.15) is 44.1 Å². The molecule has 1 saturated carbocycles. The normalized spacial score (nSPS) is 15.1. The molecule has 2 N–H and O–H groups in total. The van der Waals surface area contributed by atoms with Gasteiger partial charge in [0.05, 0.1) is 13.5 Å². The van der Waals surface area contributed by atoms with E-state index in [-0.39, 0.29) is 5.91 Å². The van der Waals surface area contributed by atoms with Crippen LogP contribution in [0.25, 0.3) is 0 Å². The van der Waals surface area contributed by atoms with Gasteiger partial charge in [-0.15, -0.1) is 0 Å². The van der Waals surface area contributed by atoms with Gasteiger partial charge in [-0.1, -0.05) is 37.8 Å². The van der Waals surface area contributed by atoms with Crippen LogP contribution >= 0.6 is 0 Å². The van der Waals surface area contributed by atoms with E-state index in [0.29, 0.717) is 12.5 Å². The molecule has 0 saturated heterocycles. The Bertz CT molecular complexity index is 687. The largest absolute Gasteiger partial charge is 0.497 e. The molecule has 138 valence electrons. The summed E-state index contributed by atoms with van der Waals surface area (Å²) in [7, 11) is 1.63. The lowest BCUT2D eigenvalue weighted by atomic mass is 10.1. The first-order chi connectivity index (χ1) is 12.7. The molecule has 26 heavy (non-hydrogen) atoms. The summed E-state index contributed by atoms with van der Waals surface area (Å²) in [5.41, 5.74) is 2.93. The summed E-state index contributed by atoms with van der Waals surface area (Å²) >= 11 is 0. The molecule has 2 aromatic rings. The van der Waals surface area contributed by atoms with Gasteiger partial charge in [-0.05, 0) is 54.8 Å². The third-order valence-electron chi connectivity index (χ3n) is 4.92. The van der Waals surface area contributed by atoms with Gasteiger partial charge >= 0.3 is 0 Å². The van der Waals surface area contributed by atoms with Crippen LogP contribution in [0.5, 0.6) is 5.75 Å². The first-order valence-electron chi connectivity index (χ1n) is 9.52. The van der Waals surface area contributed by atoms with Gasteiger partial charge in [-0.25, -0.2) is 0 Å². The fourth-order valence-corrected chi connectivity index (χ4v) is 3.44. The highest BCUT2D eigenvalue weighted by Crippen LogP contribution is 2.22. The Hall–Kier alpha value is -2.49. The van der Waals surface area contributed by atoms with Crippen molar-refractivity contribution in [3.05, 3.63) is 54.1 Å². The zero-order chi connectivity index (χ0) is 18.2. The second-order valence-electron chi connectivity index (χ2n) is 6.98. The molecule has 0 radical (unpaired) electrons. The van der Waals surface area contributed by atoms with Crippen molar-refractivity contribution < 1.29 is 9.53 Å². The van der Waals surface area contributed by atoms with E-state index < -0.39 is 0 Å². The maximum atomic E-state index is 12.2. The predicted molar refractivity (Wildman–Crippen MR) is 107 cm³/mol. The number of amides is 1. The number of hydrogen-bond acceptors (Lipinski definition) is 3. The number of benzene rings is 2. The molecule has 0 heterocycles. The Morgan fingerprint density at radius 1 is 0.923 bits per heavy atom. The fourth-order valence-electron chi connectivity index (χ4n) is 3.44. The van der Waals surface area contributed by atoms with Crippen molar-refractivity contribution in [2.75, 3.05) is 17.7 Å². The summed E-state index contributed by atoms with van der Waals surface area (Å²) in [4.78, 5) is 12.2. The zero-order valence-corrected chi connectivity index (χ0v) is 15.5. The lowest BCUT2D eigenvalue weighted by Crippen LogP contribution is -2.18. The summed E-state index contributed by atoms with van der Waals surface area (Å²) in [5, 5.41) is 6.59. The minimum atomic E-state index is -0.0142. The van der Waals surface area contributed by atoms with Gasteiger partial charge in [0, 0.05) is 17.4 Å². The molecular weight excluding hydrogens is 324 g/mol. The monoisotopic (exact) mass is 352 g/mol. The molecule has 0 bridgehead atoms. The minimum Gasteiger partial charge on any atom is -0.497 e. The number of nitrogens with one attached hydrogen (secondary N) is 2. The van der Waals surface area contributed by atoms with Crippen LogP contribution in [0, 0.1) is 0 Å². The maximum absolute atomic E-state index is 12.2. The molecule has 4 nitrogen and oxygen atoms in total. The van der Waals surface area contributed by atoms with Crippen molar-refractivity contribution in [1.82, 2.24) is 0 Å². The van der Waals surface area contributed by atoms with Crippen molar-refractivity contribution >= 4 is 17.3 Å². The number of hydrogen-bond donors (Lipinski definition) is 2. The molecular formula is C22H28N2O2. The topological polar surface area (TPSA) is 50.4 Å². The average Bonchev–Trinajstić information content (AvgIpc) is 2.92. The Morgan fingerprint density at radius 3 is 2.15 bits per heavy atom. The number of carbonyl (C=O) groups is 1. The molecule has 0 unspecified atom stereocenters. The molecule has 0 atom stereocenters. The molecule has 3 rings (SSSR count). The Morgan fingerprint density at radius 2 is 1.54 bits per heavy atom. The van der Waals surface area contributed by atoms with Gasteiger partial charge in [0.2, 0.25) is 5.91 Å². The summed E-state index contributed by atoms with van der Waals surface area (Å²) in [6, 6.07) is 16.2. The maximum Gasteiger partial charge on any atom is 0.228 e. The second kappa shape index (κ2) is 9.27. The number of carbonyl (C=O) groups excluding carboxylic acids is 1. The van der Waals surface area contributed by atoms with Gasteiger partial charge in [0.1, 0.15) is 5.75 Å².